The summed E-state index contributed by atoms with van der Waals surface area (Å²) in [6, 6.07) is 7.86. The van der Waals surface area contributed by atoms with Crippen LogP contribution in [-0.4, -0.2) is 54.9 Å². The van der Waals surface area contributed by atoms with Crippen LogP contribution in [-0.2, 0) is 16.0 Å². The molecule has 1 aliphatic heterocycles. The molecule has 2 fully saturated rings. The van der Waals surface area contributed by atoms with Crippen LogP contribution < -0.4 is 4.74 Å². The van der Waals surface area contributed by atoms with Gasteiger partial charge in [0.2, 0.25) is 11.8 Å². The smallest absolute Gasteiger partial charge is 0.225 e. The van der Waals surface area contributed by atoms with E-state index in [-0.39, 0.29) is 11.8 Å². The number of amides is 2. The van der Waals surface area contributed by atoms with Crippen LogP contribution in [0.15, 0.2) is 24.3 Å². The van der Waals surface area contributed by atoms with E-state index < -0.39 is 0 Å². The molecular weight excluding hydrogens is 304 g/mol. The second-order valence-electron chi connectivity index (χ2n) is 6.68. The minimum atomic E-state index is 0.187. The maximum Gasteiger partial charge on any atom is 0.225 e. The summed E-state index contributed by atoms with van der Waals surface area (Å²) in [6.45, 7) is 2.90. The summed E-state index contributed by atoms with van der Waals surface area (Å²) >= 11 is 0. The van der Waals surface area contributed by atoms with Gasteiger partial charge in [-0.15, -0.1) is 0 Å². The quantitative estimate of drug-likeness (QED) is 0.831. The summed E-state index contributed by atoms with van der Waals surface area (Å²) in [5.74, 6) is 1.58. The highest BCUT2D eigenvalue weighted by atomic mass is 16.5. The fourth-order valence-electron chi connectivity index (χ4n) is 3.18. The summed E-state index contributed by atoms with van der Waals surface area (Å²) in [5.41, 5.74) is 1.14. The zero-order chi connectivity index (χ0) is 16.9. The first-order chi connectivity index (χ1) is 11.7. The molecule has 1 heterocycles. The molecule has 0 spiro atoms. The summed E-state index contributed by atoms with van der Waals surface area (Å²) in [4.78, 5) is 28.5. The number of benzene rings is 1. The molecule has 1 aromatic carbocycles. The van der Waals surface area contributed by atoms with E-state index in [0.29, 0.717) is 25.4 Å². The second-order valence-corrected chi connectivity index (χ2v) is 6.68. The van der Waals surface area contributed by atoms with E-state index in [1.807, 2.05) is 34.1 Å². The van der Waals surface area contributed by atoms with Crippen molar-refractivity contribution in [3.05, 3.63) is 29.8 Å². The highest BCUT2D eigenvalue weighted by Gasteiger charge is 2.34. The Hall–Kier alpha value is -2.04. The van der Waals surface area contributed by atoms with Gasteiger partial charge in [-0.25, -0.2) is 0 Å². The predicted molar refractivity (Wildman–Crippen MR) is 91.8 cm³/mol. The Morgan fingerprint density at radius 2 is 1.71 bits per heavy atom. The number of rotatable bonds is 5. The molecule has 130 valence electrons. The number of nitrogens with zero attached hydrogens (tertiary/aromatic N) is 2. The van der Waals surface area contributed by atoms with Crippen molar-refractivity contribution in [1.82, 2.24) is 9.80 Å². The van der Waals surface area contributed by atoms with Gasteiger partial charge in [0.1, 0.15) is 5.75 Å². The number of carbonyl (C=O) groups is 2. The van der Waals surface area contributed by atoms with Crippen molar-refractivity contribution in [2.75, 3.05) is 33.3 Å². The molecule has 0 aromatic heterocycles. The van der Waals surface area contributed by atoms with Crippen molar-refractivity contribution in [2.24, 2.45) is 5.92 Å². The summed E-state index contributed by atoms with van der Waals surface area (Å²) < 4.78 is 5.15. The van der Waals surface area contributed by atoms with E-state index >= 15 is 0 Å². The van der Waals surface area contributed by atoms with Crippen molar-refractivity contribution in [3.8, 4) is 5.75 Å². The minimum Gasteiger partial charge on any atom is -0.497 e. The number of carbonyl (C=O) groups excluding carboxylic acids is 2. The number of methoxy groups -OCH3 is 1. The molecule has 24 heavy (non-hydrogen) atoms. The lowest BCUT2D eigenvalue weighted by Gasteiger charge is -2.22. The predicted octanol–water partition coefficient (Wildman–Crippen LogP) is 2.10. The van der Waals surface area contributed by atoms with E-state index in [0.717, 1.165) is 50.1 Å². The van der Waals surface area contributed by atoms with Crippen LogP contribution in [0, 0.1) is 5.92 Å². The first kappa shape index (κ1) is 16.8. The second kappa shape index (κ2) is 7.69. The topological polar surface area (TPSA) is 49.9 Å². The van der Waals surface area contributed by atoms with Crippen molar-refractivity contribution >= 4 is 11.8 Å². The van der Waals surface area contributed by atoms with Gasteiger partial charge in [0.15, 0.2) is 0 Å². The van der Waals surface area contributed by atoms with Crippen molar-refractivity contribution in [3.63, 3.8) is 0 Å². The number of aryl methyl sites for hydroxylation is 1. The molecule has 1 saturated heterocycles. The Morgan fingerprint density at radius 3 is 2.38 bits per heavy atom. The third-order valence-corrected chi connectivity index (χ3v) is 4.87. The fraction of sp³-hybridized carbons (Fsp3) is 0.579. The lowest BCUT2D eigenvalue weighted by Crippen LogP contribution is -2.38. The Balaban J connectivity index is 1.46. The fourth-order valence-corrected chi connectivity index (χ4v) is 3.18. The van der Waals surface area contributed by atoms with Gasteiger partial charge < -0.3 is 14.5 Å². The van der Waals surface area contributed by atoms with Gasteiger partial charge >= 0.3 is 0 Å². The molecule has 1 aromatic rings. The first-order valence-corrected chi connectivity index (χ1v) is 8.87. The van der Waals surface area contributed by atoms with Crippen molar-refractivity contribution in [2.45, 2.75) is 32.1 Å². The SMILES string of the molecule is COc1ccc(CCC(=O)N2CCCN(C(=O)C3CC3)CC2)cc1. The van der Waals surface area contributed by atoms with Gasteiger partial charge in [-0.3, -0.25) is 9.59 Å². The van der Waals surface area contributed by atoms with Crippen LogP contribution in [0.4, 0.5) is 0 Å². The molecule has 0 bridgehead atoms. The number of hydrogen-bond acceptors (Lipinski definition) is 3. The molecule has 0 radical (unpaired) electrons. The van der Waals surface area contributed by atoms with E-state index in [1.54, 1.807) is 7.11 Å². The molecule has 3 rings (SSSR count). The average molecular weight is 330 g/mol. The average Bonchev–Trinajstić information content (AvgIpc) is 3.46. The Kier molecular flexibility index (Phi) is 5.38. The van der Waals surface area contributed by atoms with Crippen LogP contribution in [0.5, 0.6) is 5.75 Å². The first-order valence-electron chi connectivity index (χ1n) is 8.87. The molecule has 2 aliphatic rings. The lowest BCUT2D eigenvalue weighted by atomic mass is 10.1. The van der Waals surface area contributed by atoms with Crippen molar-refractivity contribution in [1.29, 1.82) is 0 Å². The molecule has 5 heteroatoms. The van der Waals surface area contributed by atoms with Crippen LogP contribution in [0.25, 0.3) is 0 Å². The minimum absolute atomic E-state index is 0.187. The van der Waals surface area contributed by atoms with Gasteiger partial charge in [0.25, 0.3) is 0 Å². The molecule has 5 nitrogen and oxygen atoms in total. The Bertz CT molecular complexity index is 581. The van der Waals surface area contributed by atoms with Crippen LogP contribution in [0.1, 0.15) is 31.2 Å². The summed E-state index contributed by atoms with van der Waals surface area (Å²) in [6.07, 6.45) is 4.22. The largest absolute Gasteiger partial charge is 0.497 e. The van der Waals surface area contributed by atoms with E-state index in [9.17, 15) is 9.59 Å². The third-order valence-electron chi connectivity index (χ3n) is 4.87. The highest BCUT2D eigenvalue weighted by molar-refractivity contribution is 5.81. The molecule has 1 saturated carbocycles. The maximum absolute atomic E-state index is 12.5. The third kappa shape index (κ3) is 4.28. The number of ether oxygens (including phenoxy) is 1. The van der Waals surface area contributed by atoms with Gasteiger partial charge in [0, 0.05) is 38.5 Å². The molecule has 0 unspecified atom stereocenters. The standard InChI is InChI=1S/C19H26N2O3/c1-24-17-8-3-15(4-9-17)5-10-18(22)20-11-2-12-21(14-13-20)19(23)16-6-7-16/h3-4,8-9,16H,2,5-7,10-14H2,1H3. The molecule has 1 aliphatic carbocycles. The lowest BCUT2D eigenvalue weighted by molar-refractivity contribution is -0.134. The van der Waals surface area contributed by atoms with Crippen LogP contribution in [0.2, 0.25) is 0 Å². The Labute approximate surface area is 143 Å². The van der Waals surface area contributed by atoms with E-state index in [4.69, 9.17) is 4.74 Å². The normalized spacial score (nSPS) is 18.2. The summed E-state index contributed by atoms with van der Waals surface area (Å²) in [5, 5.41) is 0. The summed E-state index contributed by atoms with van der Waals surface area (Å²) in [7, 11) is 1.65. The van der Waals surface area contributed by atoms with Crippen LogP contribution in [0.3, 0.4) is 0 Å². The highest BCUT2D eigenvalue weighted by Crippen LogP contribution is 2.31. The zero-order valence-electron chi connectivity index (χ0n) is 14.4. The van der Waals surface area contributed by atoms with E-state index in [1.165, 1.54) is 0 Å². The zero-order valence-corrected chi connectivity index (χ0v) is 14.4. The molecule has 2 amide bonds. The van der Waals surface area contributed by atoms with Crippen molar-refractivity contribution < 1.29 is 14.3 Å². The molecule has 0 atom stereocenters. The van der Waals surface area contributed by atoms with Gasteiger partial charge in [0.05, 0.1) is 7.11 Å². The molecule has 0 N–H and O–H groups in total. The Morgan fingerprint density at radius 1 is 1.04 bits per heavy atom. The monoisotopic (exact) mass is 330 g/mol. The maximum atomic E-state index is 12.5. The van der Waals surface area contributed by atoms with Gasteiger partial charge in [-0.2, -0.15) is 0 Å². The van der Waals surface area contributed by atoms with E-state index in [2.05, 4.69) is 0 Å². The number of hydrogen-bond donors (Lipinski definition) is 0. The van der Waals surface area contributed by atoms with Gasteiger partial charge in [-0.1, -0.05) is 12.1 Å². The van der Waals surface area contributed by atoms with Crippen LogP contribution >= 0.6 is 0 Å². The molecular formula is C19H26N2O3. The van der Waals surface area contributed by atoms with Gasteiger partial charge in [-0.05, 0) is 43.4 Å².